The zero-order chi connectivity index (χ0) is 19.3. The standard InChI is InChI=1S/C21H17N3O2S2/c1-26-18-8-3-2-7-16(18)20(25)23-14-9-10-17-19(12-14)28-21(24-17)27-13-15-6-4-5-11-22-15/h2-12H,13H2,1H3,(H,23,25). The molecule has 2 heterocycles. The quantitative estimate of drug-likeness (QED) is 0.443. The van der Waals surface area contributed by atoms with Gasteiger partial charge >= 0.3 is 0 Å². The van der Waals surface area contributed by atoms with Gasteiger partial charge in [0.05, 0.1) is 28.6 Å². The molecule has 0 radical (unpaired) electrons. The fourth-order valence-electron chi connectivity index (χ4n) is 2.69. The molecule has 0 saturated heterocycles. The normalized spacial score (nSPS) is 10.8. The van der Waals surface area contributed by atoms with Gasteiger partial charge in [-0.1, -0.05) is 30.0 Å². The Hall–Kier alpha value is -2.90. The summed E-state index contributed by atoms with van der Waals surface area (Å²) in [6.07, 6.45) is 1.80. The minimum atomic E-state index is -0.203. The highest BCUT2D eigenvalue weighted by molar-refractivity contribution is 8.00. The Morgan fingerprint density at radius 2 is 2.00 bits per heavy atom. The zero-order valence-corrected chi connectivity index (χ0v) is 16.7. The first kappa shape index (κ1) is 18.5. The Kier molecular flexibility index (Phi) is 5.55. The van der Waals surface area contributed by atoms with E-state index in [-0.39, 0.29) is 5.91 Å². The van der Waals surface area contributed by atoms with E-state index in [0.29, 0.717) is 11.3 Å². The average molecular weight is 408 g/mol. The number of rotatable bonds is 6. The summed E-state index contributed by atoms with van der Waals surface area (Å²) < 4.78 is 7.27. The fraction of sp³-hybridized carbons (Fsp3) is 0.0952. The number of pyridine rings is 1. The summed E-state index contributed by atoms with van der Waals surface area (Å²) >= 11 is 3.27. The number of benzene rings is 2. The van der Waals surface area contributed by atoms with Crippen molar-refractivity contribution >= 4 is 44.9 Å². The second-order valence-corrected chi connectivity index (χ2v) is 8.18. The number of thioether (sulfide) groups is 1. The lowest BCUT2D eigenvalue weighted by molar-refractivity contribution is 0.102. The molecule has 140 valence electrons. The molecular formula is C21H17N3O2S2. The molecule has 5 nitrogen and oxygen atoms in total. The van der Waals surface area contributed by atoms with E-state index in [1.165, 1.54) is 0 Å². The van der Waals surface area contributed by atoms with Crippen LogP contribution < -0.4 is 10.1 Å². The van der Waals surface area contributed by atoms with Gasteiger partial charge in [-0.3, -0.25) is 9.78 Å². The highest BCUT2D eigenvalue weighted by Crippen LogP contribution is 2.33. The minimum absolute atomic E-state index is 0.203. The predicted octanol–water partition coefficient (Wildman–Crippen LogP) is 5.24. The van der Waals surface area contributed by atoms with E-state index in [1.807, 2.05) is 48.5 Å². The van der Waals surface area contributed by atoms with E-state index in [9.17, 15) is 4.79 Å². The Labute approximate surface area is 170 Å². The van der Waals surface area contributed by atoms with Crippen molar-refractivity contribution in [1.29, 1.82) is 0 Å². The lowest BCUT2D eigenvalue weighted by Gasteiger charge is -2.09. The smallest absolute Gasteiger partial charge is 0.259 e. The van der Waals surface area contributed by atoms with Crippen LogP contribution in [-0.2, 0) is 5.75 Å². The van der Waals surface area contributed by atoms with Crippen LogP contribution >= 0.6 is 23.1 Å². The summed E-state index contributed by atoms with van der Waals surface area (Å²) in [5.41, 5.74) is 3.18. The van der Waals surface area contributed by atoms with Crippen LogP contribution in [0.1, 0.15) is 16.1 Å². The number of amides is 1. The fourth-order valence-corrected chi connectivity index (χ4v) is 4.72. The number of nitrogens with one attached hydrogen (secondary N) is 1. The lowest BCUT2D eigenvalue weighted by Crippen LogP contribution is -2.12. The van der Waals surface area contributed by atoms with Gasteiger partial charge in [0.25, 0.3) is 5.91 Å². The monoisotopic (exact) mass is 407 g/mol. The highest BCUT2D eigenvalue weighted by Gasteiger charge is 2.13. The largest absolute Gasteiger partial charge is 0.496 e. The van der Waals surface area contributed by atoms with Gasteiger partial charge in [0, 0.05) is 17.6 Å². The highest BCUT2D eigenvalue weighted by atomic mass is 32.2. The predicted molar refractivity (Wildman–Crippen MR) is 114 cm³/mol. The molecule has 7 heteroatoms. The van der Waals surface area contributed by atoms with Crippen LogP contribution in [0, 0.1) is 0 Å². The molecule has 1 amide bonds. The summed E-state index contributed by atoms with van der Waals surface area (Å²) in [6.45, 7) is 0. The SMILES string of the molecule is COc1ccccc1C(=O)Nc1ccc2nc(SCc3ccccn3)sc2c1. The molecule has 2 aromatic carbocycles. The number of methoxy groups -OCH3 is 1. The van der Waals surface area contributed by atoms with E-state index in [1.54, 1.807) is 48.5 Å². The Morgan fingerprint density at radius 1 is 1.14 bits per heavy atom. The van der Waals surface area contributed by atoms with Crippen LogP contribution in [0.2, 0.25) is 0 Å². The van der Waals surface area contributed by atoms with Gasteiger partial charge in [-0.2, -0.15) is 0 Å². The van der Waals surface area contributed by atoms with Crippen molar-refractivity contribution in [2.45, 2.75) is 10.1 Å². The molecule has 0 aliphatic rings. The van der Waals surface area contributed by atoms with Gasteiger partial charge < -0.3 is 10.1 Å². The molecule has 4 rings (SSSR count). The number of thiazole rings is 1. The lowest BCUT2D eigenvalue weighted by atomic mass is 10.2. The van der Waals surface area contributed by atoms with Gasteiger partial charge in [-0.05, 0) is 42.5 Å². The molecule has 2 aromatic heterocycles. The molecular weight excluding hydrogens is 390 g/mol. The van der Waals surface area contributed by atoms with E-state index >= 15 is 0 Å². The average Bonchev–Trinajstić information content (AvgIpc) is 3.15. The number of aromatic nitrogens is 2. The van der Waals surface area contributed by atoms with Crippen LogP contribution in [0.4, 0.5) is 5.69 Å². The van der Waals surface area contributed by atoms with E-state index in [4.69, 9.17) is 4.74 Å². The summed E-state index contributed by atoms with van der Waals surface area (Å²) in [5, 5.41) is 2.94. The topological polar surface area (TPSA) is 64.1 Å². The molecule has 0 atom stereocenters. The Morgan fingerprint density at radius 3 is 2.82 bits per heavy atom. The number of hydrogen-bond acceptors (Lipinski definition) is 6. The molecule has 0 unspecified atom stereocenters. The van der Waals surface area contributed by atoms with Crippen LogP contribution in [-0.4, -0.2) is 23.0 Å². The number of hydrogen-bond donors (Lipinski definition) is 1. The first-order valence-electron chi connectivity index (χ1n) is 8.60. The van der Waals surface area contributed by atoms with E-state index in [2.05, 4.69) is 15.3 Å². The molecule has 0 bridgehead atoms. The molecule has 4 aromatic rings. The second kappa shape index (κ2) is 8.41. The number of nitrogens with zero attached hydrogens (tertiary/aromatic N) is 2. The number of carbonyl (C=O) groups excluding carboxylic acids is 1. The summed E-state index contributed by atoms with van der Waals surface area (Å²) in [7, 11) is 1.56. The van der Waals surface area contributed by atoms with Crippen molar-refractivity contribution in [1.82, 2.24) is 9.97 Å². The molecule has 28 heavy (non-hydrogen) atoms. The maximum atomic E-state index is 12.6. The van der Waals surface area contributed by atoms with Crippen LogP contribution in [0.15, 0.2) is 71.2 Å². The van der Waals surface area contributed by atoms with Crippen molar-refractivity contribution in [3.63, 3.8) is 0 Å². The number of para-hydroxylation sites is 1. The molecule has 0 fully saturated rings. The third kappa shape index (κ3) is 4.16. The third-order valence-electron chi connectivity index (χ3n) is 4.05. The van der Waals surface area contributed by atoms with Crippen molar-refractivity contribution in [3.8, 4) is 5.75 Å². The first-order valence-corrected chi connectivity index (χ1v) is 10.4. The van der Waals surface area contributed by atoms with E-state index < -0.39 is 0 Å². The maximum absolute atomic E-state index is 12.6. The molecule has 0 aliphatic heterocycles. The number of carbonyl (C=O) groups is 1. The van der Waals surface area contributed by atoms with Gasteiger partial charge in [-0.25, -0.2) is 4.98 Å². The van der Waals surface area contributed by atoms with Gasteiger partial charge in [-0.15, -0.1) is 11.3 Å². The molecule has 0 saturated carbocycles. The second-order valence-electron chi connectivity index (χ2n) is 5.93. The van der Waals surface area contributed by atoms with E-state index in [0.717, 1.165) is 31.7 Å². The zero-order valence-electron chi connectivity index (χ0n) is 15.1. The van der Waals surface area contributed by atoms with Crippen molar-refractivity contribution in [3.05, 3.63) is 78.1 Å². The van der Waals surface area contributed by atoms with Crippen molar-refractivity contribution in [2.75, 3.05) is 12.4 Å². The molecule has 0 spiro atoms. The molecule has 0 aliphatic carbocycles. The number of fused-ring (bicyclic) bond motifs is 1. The van der Waals surface area contributed by atoms with Crippen molar-refractivity contribution < 1.29 is 9.53 Å². The first-order chi connectivity index (χ1) is 13.7. The molecule has 1 N–H and O–H groups in total. The van der Waals surface area contributed by atoms with Gasteiger partial charge in [0.15, 0.2) is 4.34 Å². The van der Waals surface area contributed by atoms with Gasteiger partial charge in [0.2, 0.25) is 0 Å². The van der Waals surface area contributed by atoms with Crippen LogP contribution in [0.3, 0.4) is 0 Å². The maximum Gasteiger partial charge on any atom is 0.259 e. The Balaban J connectivity index is 1.49. The minimum Gasteiger partial charge on any atom is -0.496 e. The van der Waals surface area contributed by atoms with Crippen LogP contribution in [0.5, 0.6) is 5.75 Å². The summed E-state index contributed by atoms with van der Waals surface area (Å²) in [6, 6.07) is 18.8. The third-order valence-corrected chi connectivity index (χ3v) is 6.24. The Bertz CT molecular complexity index is 1110. The summed E-state index contributed by atoms with van der Waals surface area (Å²) in [5.74, 6) is 1.12. The van der Waals surface area contributed by atoms with Crippen LogP contribution in [0.25, 0.3) is 10.2 Å². The van der Waals surface area contributed by atoms with Crippen molar-refractivity contribution in [2.24, 2.45) is 0 Å². The summed E-state index contributed by atoms with van der Waals surface area (Å²) in [4.78, 5) is 21.6. The van der Waals surface area contributed by atoms with Gasteiger partial charge in [0.1, 0.15) is 5.75 Å². The number of ether oxygens (including phenoxy) is 1. The number of anilines is 1.